The highest BCUT2D eigenvalue weighted by Gasteiger charge is 2.39. The summed E-state index contributed by atoms with van der Waals surface area (Å²) in [5, 5.41) is 0. The molecule has 0 saturated carbocycles. The Labute approximate surface area is 153 Å². The molecule has 11 heteroatoms. The van der Waals surface area contributed by atoms with Crippen molar-refractivity contribution < 1.29 is 43.9 Å². The molecule has 0 aromatic heterocycles. The van der Waals surface area contributed by atoms with Crippen LogP contribution in [0, 0.1) is 64.1 Å². The molecular formula is C17H11BF10. The normalized spacial score (nSPS) is 11.5. The van der Waals surface area contributed by atoms with E-state index in [4.69, 9.17) is 0 Å². The molecule has 2 rings (SSSR count). The second kappa shape index (κ2) is 8.04. The predicted molar refractivity (Wildman–Crippen MR) is 81.7 cm³/mol. The molecule has 152 valence electrons. The van der Waals surface area contributed by atoms with E-state index in [0.29, 0.717) is 0 Å². The third-order valence-electron chi connectivity index (χ3n) is 4.22. The number of benzene rings is 2. The van der Waals surface area contributed by atoms with Crippen LogP contribution in [0.4, 0.5) is 43.9 Å². The lowest BCUT2D eigenvalue weighted by molar-refractivity contribution is 0.382. The van der Waals surface area contributed by atoms with Gasteiger partial charge >= 0.3 is 0 Å². The minimum atomic E-state index is -2.52. The maximum Gasteiger partial charge on any atom is 0.225 e. The molecule has 0 bridgehead atoms. The van der Waals surface area contributed by atoms with E-state index in [2.05, 4.69) is 0 Å². The Kier molecular flexibility index (Phi) is 6.35. The third-order valence-corrected chi connectivity index (χ3v) is 4.22. The van der Waals surface area contributed by atoms with E-state index in [9.17, 15) is 43.9 Å². The van der Waals surface area contributed by atoms with Crippen LogP contribution in [-0.4, -0.2) is 6.71 Å². The van der Waals surface area contributed by atoms with Gasteiger partial charge in [0.2, 0.25) is 6.71 Å². The largest absolute Gasteiger partial charge is 0.225 e. The molecular weight excluding hydrogens is 405 g/mol. The number of rotatable bonds is 5. The highest BCUT2D eigenvalue weighted by molar-refractivity contribution is 6.85. The van der Waals surface area contributed by atoms with Crippen molar-refractivity contribution in [3.63, 3.8) is 0 Å². The molecule has 2 aromatic rings. The number of halogens is 10. The van der Waals surface area contributed by atoms with Crippen LogP contribution < -0.4 is 10.9 Å². The minimum Gasteiger partial charge on any atom is -0.204 e. The Morgan fingerprint density at radius 3 is 1.00 bits per heavy atom. The van der Waals surface area contributed by atoms with Crippen LogP contribution in [0.2, 0.25) is 6.32 Å². The lowest BCUT2D eigenvalue weighted by atomic mass is 9.37. The van der Waals surface area contributed by atoms with Crippen molar-refractivity contribution in [1.29, 1.82) is 0 Å². The smallest absolute Gasteiger partial charge is 0.204 e. The van der Waals surface area contributed by atoms with Gasteiger partial charge in [0.15, 0.2) is 58.2 Å². The van der Waals surface area contributed by atoms with Gasteiger partial charge in [0.1, 0.15) is 0 Å². The summed E-state index contributed by atoms with van der Waals surface area (Å²) in [6.07, 6.45) is -0.724. The summed E-state index contributed by atoms with van der Waals surface area (Å²) in [5.41, 5.74) is -3.33. The first-order valence-corrected chi connectivity index (χ1v) is 7.94. The van der Waals surface area contributed by atoms with Gasteiger partial charge in [-0.1, -0.05) is 26.6 Å². The average molecular weight is 416 g/mol. The van der Waals surface area contributed by atoms with Crippen LogP contribution in [0.5, 0.6) is 0 Å². The zero-order valence-corrected chi connectivity index (χ0v) is 14.3. The maximum atomic E-state index is 14.2. The molecule has 0 saturated heterocycles. The average Bonchev–Trinajstić information content (AvgIpc) is 2.65. The Balaban J connectivity index is 2.88. The van der Waals surface area contributed by atoms with Crippen LogP contribution in [0.15, 0.2) is 0 Å². The molecule has 0 atom stereocenters. The van der Waals surface area contributed by atoms with E-state index in [0.717, 1.165) is 0 Å². The SMILES string of the molecule is CC(C)CCB(c1c(F)c(F)c(F)c(F)c1F)c1c(F)c(F)c(F)c(F)c1F. The van der Waals surface area contributed by atoms with E-state index in [1.54, 1.807) is 13.8 Å². The van der Waals surface area contributed by atoms with Gasteiger partial charge in [0.25, 0.3) is 0 Å². The van der Waals surface area contributed by atoms with Crippen molar-refractivity contribution in [1.82, 2.24) is 0 Å². The minimum absolute atomic E-state index is 0.0797. The highest BCUT2D eigenvalue weighted by atomic mass is 19.2. The summed E-state index contributed by atoms with van der Waals surface area (Å²) in [5.74, 6) is -24.5. The fraction of sp³-hybridized carbons (Fsp3) is 0.294. The molecule has 0 fully saturated rings. The van der Waals surface area contributed by atoms with Gasteiger partial charge < -0.3 is 0 Å². The summed E-state index contributed by atoms with van der Waals surface area (Å²) in [7, 11) is 0. The second-order valence-corrected chi connectivity index (χ2v) is 6.49. The van der Waals surface area contributed by atoms with Gasteiger partial charge in [-0.2, -0.15) is 0 Å². The quantitative estimate of drug-likeness (QED) is 0.286. The Hall–Kier alpha value is -2.20. The third kappa shape index (κ3) is 3.58. The fourth-order valence-electron chi connectivity index (χ4n) is 2.79. The first-order chi connectivity index (χ1) is 12.9. The van der Waals surface area contributed by atoms with Crippen molar-refractivity contribution in [2.45, 2.75) is 26.6 Å². The van der Waals surface area contributed by atoms with Gasteiger partial charge in [-0.3, -0.25) is 0 Å². The molecule has 0 N–H and O–H groups in total. The molecule has 0 aliphatic carbocycles. The number of hydrogen-bond acceptors (Lipinski definition) is 0. The van der Waals surface area contributed by atoms with Crippen molar-refractivity contribution in [2.24, 2.45) is 5.92 Å². The standard InChI is InChI=1S/C17H11BF10/c1-5(2)3-4-18(6-8(19)12(23)16(27)13(24)9(6)20)7-10(21)14(25)17(28)15(26)11(7)22/h5H,3-4H2,1-2H3. The van der Waals surface area contributed by atoms with Gasteiger partial charge in [-0.25, -0.2) is 43.9 Å². The van der Waals surface area contributed by atoms with Crippen LogP contribution in [0.3, 0.4) is 0 Å². The molecule has 0 aliphatic heterocycles. The Morgan fingerprint density at radius 2 is 0.750 bits per heavy atom. The van der Waals surface area contributed by atoms with E-state index in [1.807, 2.05) is 0 Å². The Morgan fingerprint density at radius 1 is 0.500 bits per heavy atom. The van der Waals surface area contributed by atoms with Gasteiger partial charge in [-0.05, 0) is 5.92 Å². The van der Waals surface area contributed by atoms with Crippen molar-refractivity contribution in [3.8, 4) is 0 Å². The Bertz CT molecular complexity index is 798. The lowest BCUT2D eigenvalue weighted by Crippen LogP contribution is -2.50. The zero-order chi connectivity index (χ0) is 21.5. The van der Waals surface area contributed by atoms with E-state index in [1.165, 1.54) is 0 Å². The van der Waals surface area contributed by atoms with Gasteiger partial charge in [0, 0.05) is 10.9 Å². The number of hydrogen-bond donors (Lipinski definition) is 0. The van der Waals surface area contributed by atoms with Crippen LogP contribution in [0.25, 0.3) is 0 Å². The summed E-state index contributed by atoms with van der Waals surface area (Å²) < 4.78 is 137. The van der Waals surface area contributed by atoms with E-state index < -0.39 is 82.1 Å². The zero-order valence-electron chi connectivity index (χ0n) is 14.3. The topological polar surface area (TPSA) is 0 Å². The van der Waals surface area contributed by atoms with Gasteiger partial charge in [0.05, 0.1) is 0 Å². The molecule has 0 nitrogen and oxygen atoms in total. The van der Waals surface area contributed by atoms with E-state index >= 15 is 0 Å². The monoisotopic (exact) mass is 416 g/mol. The summed E-state index contributed by atoms with van der Waals surface area (Å²) in [4.78, 5) is 0. The molecule has 0 spiro atoms. The molecule has 0 aliphatic rings. The fourth-order valence-corrected chi connectivity index (χ4v) is 2.79. The lowest BCUT2D eigenvalue weighted by Gasteiger charge is -2.20. The highest BCUT2D eigenvalue weighted by Crippen LogP contribution is 2.22. The molecule has 0 radical (unpaired) electrons. The van der Waals surface area contributed by atoms with Crippen molar-refractivity contribution in [2.75, 3.05) is 0 Å². The van der Waals surface area contributed by atoms with Crippen molar-refractivity contribution in [3.05, 3.63) is 58.2 Å². The first-order valence-electron chi connectivity index (χ1n) is 7.94. The summed E-state index contributed by atoms with van der Waals surface area (Å²) in [6.45, 7) is 0.819. The second-order valence-electron chi connectivity index (χ2n) is 6.49. The maximum absolute atomic E-state index is 14.2. The summed E-state index contributed by atoms with van der Waals surface area (Å²) in [6, 6.07) is 0. The van der Waals surface area contributed by atoms with Crippen LogP contribution in [0.1, 0.15) is 20.3 Å². The van der Waals surface area contributed by atoms with E-state index in [-0.39, 0.29) is 12.3 Å². The predicted octanol–water partition coefficient (Wildman–Crippen LogP) is 4.73. The first kappa shape index (κ1) is 22.1. The molecule has 2 aromatic carbocycles. The molecule has 28 heavy (non-hydrogen) atoms. The van der Waals surface area contributed by atoms with Crippen molar-refractivity contribution >= 4 is 17.6 Å². The summed E-state index contributed by atoms with van der Waals surface area (Å²) >= 11 is 0. The molecule has 0 heterocycles. The molecule has 0 unspecified atom stereocenters. The molecule has 0 amide bonds. The van der Waals surface area contributed by atoms with Crippen LogP contribution in [-0.2, 0) is 0 Å². The van der Waals surface area contributed by atoms with Crippen LogP contribution >= 0.6 is 0 Å². The van der Waals surface area contributed by atoms with Gasteiger partial charge in [-0.15, -0.1) is 0 Å².